The molecule has 1 aromatic rings. The zero-order valence-electron chi connectivity index (χ0n) is 9.96. The lowest BCUT2D eigenvalue weighted by Crippen LogP contribution is -2.40. The second kappa shape index (κ2) is 5.12. The minimum absolute atomic E-state index is 0.0688. The molecule has 0 aromatic heterocycles. The number of amides is 1. The molecular formula is C12H13F2NO3. The van der Waals surface area contributed by atoms with E-state index in [4.69, 9.17) is 5.11 Å². The summed E-state index contributed by atoms with van der Waals surface area (Å²) in [5, 5.41) is 10.6. The molecule has 2 N–H and O–H groups in total. The Hall–Kier alpha value is -1.98. The maximum atomic E-state index is 13.6. The number of hydrogen-bond donors (Lipinski definition) is 2. The molecular weight excluding hydrogens is 244 g/mol. The van der Waals surface area contributed by atoms with Gasteiger partial charge in [-0.3, -0.25) is 4.79 Å². The van der Waals surface area contributed by atoms with Crippen LogP contribution in [0.2, 0.25) is 0 Å². The number of carbonyl (C=O) groups is 2. The predicted molar refractivity (Wildman–Crippen MR) is 60.0 cm³/mol. The number of carbonyl (C=O) groups excluding carboxylic acids is 1. The van der Waals surface area contributed by atoms with E-state index >= 15 is 0 Å². The van der Waals surface area contributed by atoms with E-state index in [0.29, 0.717) is 0 Å². The quantitative estimate of drug-likeness (QED) is 0.805. The summed E-state index contributed by atoms with van der Waals surface area (Å²) in [6, 6.07) is 3.13. The van der Waals surface area contributed by atoms with E-state index in [9.17, 15) is 18.4 Å². The summed E-state index contributed by atoms with van der Waals surface area (Å²) in [6.07, 6.45) is 0. The molecule has 1 amide bonds. The van der Waals surface area contributed by atoms with Gasteiger partial charge in [0.05, 0.1) is 0 Å². The van der Waals surface area contributed by atoms with E-state index in [0.717, 1.165) is 12.1 Å². The summed E-state index contributed by atoms with van der Waals surface area (Å²) in [4.78, 5) is 21.2. The van der Waals surface area contributed by atoms with Gasteiger partial charge in [-0.05, 0) is 11.6 Å². The smallest absolute Gasteiger partial charge is 0.394 e. The molecule has 1 aromatic carbocycles. The summed E-state index contributed by atoms with van der Waals surface area (Å²) in [5.41, 5.74) is -0.641. The highest BCUT2D eigenvalue weighted by atomic mass is 19.1. The highest BCUT2D eigenvalue weighted by Crippen LogP contribution is 2.25. The third kappa shape index (κ3) is 3.26. The van der Waals surface area contributed by atoms with Crippen LogP contribution in [-0.4, -0.2) is 23.5 Å². The van der Waals surface area contributed by atoms with E-state index < -0.39 is 28.9 Å². The van der Waals surface area contributed by atoms with E-state index in [2.05, 4.69) is 5.32 Å². The van der Waals surface area contributed by atoms with Crippen molar-refractivity contribution in [1.29, 1.82) is 0 Å². The molecule has 0 heterocycles. The fraction of sp³-hybridized carbons (Fsp3) is 0.333. The zero-order chi connectivity index (χ0) is 13.9. The van der Waals surface area contributed by atoms with Gasteiger partial charge in [-0.15, -0.1) is 0 Å². The maximum Gasteiger partial charge on any atom is 0.394 e. The number of halogens is 2. The Labute approximate surface area is 103 Å². The van der Waals surface area contributed by atoms with Gasteiger partial charge in [0.2, 0.25) is 0 Å². The minimum Gasteiger partial charge on any atom is -0.474 e. The van der Waals surface area contributed by atoms with Crippen molar-refractivity contribution in [3.05, 3.63) is 35.4 Å². The van der Waals surface area contributed by atoms with Gasteiger partial charge < -0.3 is 10.4 Å². The van der Waals surface area contributed by atoms with E-state index in [1.165, 1.54) is 6.07 Å². The molecule has 0 fully saturated rings. The van der Waals surface area contributed by atoms with Crippen molar-refractivity contribution in [2.24, 2.45) is 0 Å². The third-order valence-electron chi connectivity index (χ3n) is 2.55. The summed E-state index contributed by atoms with van der Waals surface area (Å²) in [7, 11) is 0. The Bertz CT molecular complexity index is 486. The van der Waals surface area contributed by atoms with Crippen molar-refractivity contribution in [1.82, 2.24) is 5.32 Å². The van der Waals surface area contributed by atoms with Crippen LogP contribution >= 0.6 is 0 Å². The largest absolute Gasteiger partial charge is 0.474 e. The zero-order valence-corrected chi connectivity index (χ0v) is 9.96. The van der Waals surface area contributed by atoms with E-state index in [-0.39, 0.29) is 12.1 Å². The molecule has 18 heavy (non-hydrogen) atoms. The first-order valence-electron chi connectivity index (χ1n) is 5.20. The molecule has 0 saturated carbocycles. The van der Waals surface area contributed by atoms with Gasteiger partial charge in [-0.2, -0.15) is 0 Å². The van der Waals surface area contributed by atoms with Gasteiger partial charge in [0.1, 0.15) is 11.6 Å². The van der Waals surface area contributed by atoms with Crippen LogP contribution in [0.3, 0.4) is 0 Å². The molecule has 6 heteroatoms. The molecule has 0 unspecified atom stereocenters. The summed E-state index contributed by atoms with van der Waals surface area (Å²) < 4.78 is 26.3. The molecule has 0 spiro atoms. The van der Waals surface area contributed by atoms with Crippen LogP contribution in [0.1, 0.15) is 19.4 Å². The number of rotatable bonds is 3. The topological polar surface area (TPSA) is 66.4 Å². The van der Waals surface area contributed by atoms with Crippen LogP contribution in [0.4, 0.5) is 8.78 Å². The highest BCUT2D eigenvalue weighted by molar-refractivity contribution is 6.31. The molecule has 4 nitrogen and oxygen atoms in total. The summed E-state index contributed by atoms with van der Waals surface area (Å²) in [6.45, 7) is 3.16. The first-order chi connectivity index (χ1) is 8.24. The maximum absolute atomic E-state index is 13.6. The fourth-order valence-electron chi connectivity index (χ4n) is 1.51. The van der Waals surface area contributed by atoms with Crippen molar-refractivity contribution in [3.8, 4) is 0 Å². The fourth-order valence-corrected chi connectivity index (χ4v) is 1.51. The van der Waals surface area contributed by atoms with Gasteiger partial charge in [0.25, 0.3) is 0 Å². The van der Waals surface area contributed by atoms with Crippen LogP contribution < -0.4 is 5.32 Å². The van der Waals surface area contributed by atoms with Crippen LogP contribution in [0, 0.1) is 11.6 Å². The Morgan fingerprint density at radius 1 is 1.33 bits per heavy atom. The Morgan fingerprint density at radius 2 is 1.94 bits per heavy atom. The molecule has 0 aliphatic heterocycles. The average Bonchev–Trinajstić information content (AvgIpc) is 2.25. The SMILES string of the molecule is CC(C)(CNC(=O)C(=O)O)c1ccc(F)cc1F. The number of benzene rings is 1. The number of nitrogens with one attached hydrogen (secondary N) is 1. The number of carboxylic acids is 1. The summed E-state index contributed by atoms with van der Waals surface area (Å²) >= 11 is 0. The van der Waals surface area contributed by atoms with Crippen molar-refractivity contribution in [2.45, 2.75) is 19.3 Å². The van der Waals surface area contributed by atoms with Gasteiger partial charge >= 0.3 is 11.9 Å². The van der Waals surface area contributed by atoms with Gasteiger partial charge in [0, 0.05) is 18.0 Å². The summed E-state index contributed by atoms with van der Waals surface area (Å²) in [5.74, 6) is -4.19. The second-order valence-electron chi connectivity index (χ2n) is 4.50. The molecule has 0 aliphatic rings. The average molecular weight is 257 g/mol. The van der Waals surface area contributed by atoms with Gasteiger partial charge in [-0.1, -0.05) is 19.9 Å². The lowest BCUT2D eigenvalue weighted by atomic mass is 9.84. The van der Waals surface area contributed by atoms with Crippen molar-refractivity contribution in [2.75, 3.05) is 6.54 Å². The highest BCUT2D eigenvalue weighted by Gasteiger charge is 2.26. The molecule has 0 radical (unpaired) electrons. The lowest BCUT2D eigenvalue weighted by Gasteiger charge is -2.25. The predicted octanol–water partition coefficient (Wildman–Crippen LogP) is 1.44. The second-order valence-corrected chi connectivity index (χ2v) is 4.50. The molecule has 0 bridgehead atoms. The Kier molecular flexibility index (Phi) is 4.00. The standard InChI is InChI=1S/C12H13F2NO3/c1-12(2,6-15-10(16)11(17)18)8-4-3-7(13)5-9(8)14/h3-5H,6H2,1-2H3,(H,15,16)(H,17,18). The van der Waals surface area contributed by atoms with Crippen LogP contribution in [-0.2, 0) is 15.0 Å². The normalized spacial score (nSPS) is 11.1. The van der Waals surface area contributed by atoms with E-state index in [1.807, 2.05) is 0 Å². The van der Waals surface area contributed by atoms with E-state index in [1.54, 1.807) is 13.8 Å². The number of carboxylic acid groups (broad SMARTS) is 1. The lowest BCUT2D eigenvalue weighted by molar-refractivity contribution is -0.150. The molecule has 98 valence electrons. The Morgan fingerprint density at radius 3 is 2.44 bits per heavy atom. The van der Waals surface area contributed by atoms with Crippen molar-refractivity contribution in [3.63, 3.8) is 0 Å². The number of hydrogen-bond acceptors (Lipinski definition) is 2. The van der Waals surface area contributed by atoms with Crippen LogP contribution in [0.5, 0.6) is 0 Å². The first-order valence-corrected chi connectivity index (χ1v) is 5.20. The first kappa shape index (κ1) is 14.1. The monoisotopic (exact) mass is 257 g/mol. The van der Waals surface area contributed by atoms with Crippen LogP contribution in [0.25, 0.3) is 0 Å². The third-order valence-corrected chi connectivity index (χ3v) is 2.55. The van der Waals surface area contributed by atoms with Crippen molar-refractivity contribution < 1.29 is 23.5 Å². The van der Waals surface area contributed by atoms with Gasteiger partial charge in [-0.25, -0.2) is 13.6 Å². The van der Waals surface area contributed by atoms with Gasteiger partial charge in [0.15, 0.2) is 0 Å². The van der Waals surface area contributed by atoms with Crippen molar-refractivity contribution >= 4 is 11.9 Å². The minimum atomic E-state index is -1.61. The Balaban J connectivity index is 2.85. The molecule has 1 rings (SSSR count). The molecule has 0 aliphatic carbocycles. The molecule has 0 saturated heterocycles. The van der Waals surface area contributed by atoms with Crippen LogP contribution in [0.15, 0.2) is 18.2 Å². The number of aliphatic carboxylic acids is 1. The molecule has 0 atom stereocenters.